The molecule has 0 heterocycles. The molecule has 0 aromatic heterocycles. The Morgan fingerprint density at radius 1 is 0.909 bits per heavy atom. The third-order valence-corrected chi connectivity index (χ3v) is 5.52. The van der Waals surface area contributed by atoms with E-state index in [-0.39, 0.29) is 24.1 Å². The van der Waals surface area contributed by atoms with Crippen molar-refractivity contribution in [1.82, 2.24) is 10.2 Å². The molecule has 0 spiro atoms. The summed E-state index contributed by atoms with van der Waals surface area (Å²) in [5.41, 5.74) is 3.75. The SMILES string of the molecule is CCCNC(=O)[C@H](Cc1ccccc1)N(Cc1cccc(C)c1)C(=O)Cc1ccc(F)cc1. The van der Waals surface area contributed by atoms with Gasteiger partial charge in [0.1, 0.15) is 11.9 Å². The van der Waals surface area contributed by atoms with Gasteiger partial charge in [0.2, 0.25) is 11.8 Å². The predicted molar refractivity (Wildman–Crippen MR) is 129 cm³/mol. The molecule has 4 nitrogen and oxygen atoms in total. The fourth-order valence-electron chi connectivity index (χ4n) is 3.81. The molecule has 0 saturated carbocycles. The van der Waals surface area contributed by atoms with E-state index in [1.54, 1.807) is 17.0 Å². The molecular formula is C28H31FN2O2. The largest absolute Gasteiger partial charge is 0.354 e. The summed E-state index contributed by atoms with van der Waals surface area (Å²) in [5.74, 6) is -0.680. The first-order valence-corrected chi connectivity index (χ1v) is 11.4. The molecule has 5 heteroatoms. The first-order chi connectivity index (χ1) is 16.0. The number of hydrogen-bond acceptors (Lipinski definition) is 2. The molecule has 1 N–H and O–H groups in total. The van der Waals surface area contributed by atoms with Crippen LogP contribution in [-0.4, -0.2) is 29.3 Å². The fourth-order valence-corrected chi connectivity index (χ4v) is 3.81. The van der Waals surface area contributed by atoms with E-state index in [0.29, 0.717) is 25.1 Å². The van der Waals surface area contributed by atoms with Crippen LogP contribution >= 0.6 is 0 Å². The Labute approximate surface area is 195 Å². The Kier molecular flexibility index (Phi) is 8.76. The van der Waals surface area contributed by atoms with Crippen molar-refractivity contribution in [3.05, 3.63) is 107 Å². The van der Waals surface area contributed by atoms with Gasteiger partial charge in [-0.15, -0.1) is 0 Å². The van der Waals surface area contributed by atoms with Gasteiger partial charge in [-0.05, 0) is 42.2 Å². The molecule has 0 radical (unpaired) electrons. The lowest BCUT2D eigenvalue weighted by Gasteiger charge is -2.32. The first kappa shape index (κ1) is 24.2. The van der Waals surface area contributed by atoms with Crippen LogP contribution in [0.5, 0.6) is 0 Å². The van der Waals surface area contributed by atoms with Crippen molar-refractivity contribution < 1.29 is 14.0 Å². The lowest BCUT2D eigenvalue weighted by molar-refractivity contribution is -0.140. The van der Waals surface area contributed by atoms with E-state index in [4.69, 9.17) is 0 Å². The normalized spacial score (nSPS) is 11.6. The van der Waals surface area contributed by atoms with Crippen LogP contribution < -0.4 is 5.32 Å². The zero-order valence-electron chi connectivity index (χ0n) is 19.3. The Bertz CT molecular complexity index is 1050. The molecule has 0 fully saturated rings. The third kappa shape index (κ3) is 7.28. The van der Waals surface area contributed by atoms with Gasteiger partial charge in [0, 0.05) is 19.5 Å². The van der Waals surface area contributed by atoms with E-state index in [0.717, 1.165) is 23.1 Å². The molecule has 0 saturated heterocycles. The second-order valence-corrected chi connectivity index (χ2v) is 8.31. The van der Waals surface area contributed by atoms with Crippen LogP contribution in [0.2, 0.25) is 0 Å². The zero-order chi connectivity index (χ0) is 23.6. The van der Waals surface area contributed by atoms with Gasteiger partial charge in [0.15, 0.2) is 0 Å². The smallest absolute Gasteiger partial charge is 0.243 e. The average Bonchev–Trinajstić information content (AvgIpc) is 2.82. The first-order valence-electron chi connectivity index (χ1n) is 11.4. The standard InChI is InChI=1S/C28H31FN2O2/c1-3-16-30-28(33)26(18-22-9-5-4-6-10-22)31(20-24-11-7-8-21(2)17-24)27(32)19-23-12-14-25(29)15-13-23/h4-15,17,26H,3,16,18-20H2,1-2H3,(H,30,33)/t26-/m0/s1. The highest BCUT2D eigenvalue weighted by atomic mass is 19.1. The van der Waals surface area contributed by atoms with E-state index in [9.17, 15) is 14.0 Å². The third-order valence-electron chi connectivity index (χ3n) is 5.52. The van der Waals surface area contributed by atoms with Crippen molar-refractivity contribution in [3.8, 4) is 0 Å². The van der Waals surface area contributed by atoms with Crippen LogP contribution in [0.4, 0.5) is 4.39 Å². The van der Waals surface area contributed by atoms with E-state index >= 15 is 0 Å². The highest BCUT2D eigenvalue weighted by molar-refractivity contribution is 5.88. The maximum atomic E-state index is 13.5. The summed E-state index contributed by atoms with van der Waals surface area (Å²) >= 11 is 0. The molecular weight excluding hydrogens is 415 g/mol. The monoisotopic (exact) mass is 446 g/mol. The molecule has 0 unspecified atom stereocenters. The second kappa shape index (κ2) is 12.0. The van der Waals surface area contributed by atoms with Crippen LogP contribution in [0.25, 0.3) is 0 Å². The van der Waals surface area contributed by atoms with Crippen molar-refractivity contribution in [2.75, 3.05) is 6.54 Å². The van der Waals surface area contributed by atoms with Gasteiger partial charge in [0.25, 0.3) is 0 Å². The van der Waals surface area contributed by atoms with E-state index < -0.39 is 6.04 Å². The summed E-state index contributed by atoms with van der Waals surface area (Å²) in [5, 5.41) is 2.97. The highest BCUT2D eigenvalue weighted by Gasteiger charge is 2.30. The molecule has 172 valence electrons. The minimum atomic E-state index is -0.660. The number of nitrogens with one attached hydrogen (secondary N) is 1. The summed E-state index contributed by atoms with van der Waals surface area (Å²) in [6, 6.07) is 23.0. The van der Waals surface area contributed by atoms with Gasteiger partial charge in [0.05, 0.1) is 6.42 Å². The zero-order valence-corrected chi connectivity index (χ0v) is 19.3. The summed E-state index contributed by atoms with van der Waals surface area (Å²) in [6.45, 7) is 4.87. The lowest BCUT2D eigenvalue weighted by Crippen LogP contribution is -2.51. The van der Waals surface area contributed by atoms with Crippen molar-refractivity contribution in [2.45, 2.75) is 45.7 Å². The Morgan fingerprint density at radius 2 is 1.61 bits per heavy atom. The molecule has 3 rings (SSSR count). The van der Waals surface area contributed by atoms with E-state index in [2.05, 4.69) is 5.32 Å². The molecule has 2 amide bonds. The predicted octanol–water partition coefficient (Wildman–Crippen LogP) is 4.84. The number of hydrogen-bond donors (Lipinski definition) is 1. The van der Waals surface area contributed by atoms with Crippen LogP contribution in [0.1, 0.15) is 35.6 Å². The number of nitrogens with zero attached hydrogens (tertiary/aromatic N) is 1. The quantitative estimate of drug-likeness (QED) is 0.484. The minimum Gasteiger partial charge on any atom is -0.354 e. The van der Waals surface area contributed by atoms with Gasteiger partial charge in [-0.1, -0.05) is 79.2 Å². The topological polar surface area (TPSA) is 49.4 Å². The molecule has 1 atom stereocenters. The Balaban J connectivity index is 1.94. The number of carbonyl (C=O) groups is 2. The summed E-state index contributed by atoms with van der Waals surface area (Å²) in [6.07, 6.45) is 1.32. The number of carbonyl (C=O) groups excluding carboxylic acids is 2. The lowest BCUT2D eigenvalue weighted by atomic mass is 10.0. The van der Waals surface area contributed by atoms with Crippen molar-refractivity contribution in [3.63, 3.8) is 0 Å². The number of benzene rings is 3. The van der Waals surface area contributed by atoms with Gasteiger partial charge < -0.3 is 10.2 Å². The van der Waals surface area contributed by atoms with Crippen molar-refractivity contribution in [1.29, 1.82) is 0 Å². The maximum Gasteiger partial charge on any atom is 0.243 e. The molecule has 0 aliphatic heterocycles. The van der Waals surface area contributed by atoms with Crippen LogP contribution in [0.3, 0.4) is 0 Å². The minimum absolute atomic E-state index is 0.0957. The fraction of sp³-hybridized carbons (Fsp3) is 0.286. The van der Waals surface area contributed by atoms with Gasteiger partial charge >= 0.3 is 0 Å². The van der Waals surface area contributed by atoms with Crippen molar-refractivity contribution >= 4 is 11.8 Å². The van der Waals surface area contributed by atoms with Gasteiger partial charge in [-0.25, -0.2) is 4.39 Å². The summed E-state index contributed by atoms with van der Waals surface area (Å²) in [4.78, 5) is 28.5. The molecule has 0 aliphatic rings. The highest BCUT2D eigenvalue weighted by Crippen LogP contribution is 2.17. The Morgan fingerprint density at radius 3 is 2.27 bits per heavy atom. The summed E-state index contributed by atoms with van der Waals surface area (Å²) < 4.78 is 13.4. The number of aryl methyl sites for hydroxylation is 1. The molecule has 33 heavy (non-hydrogen) atoms. The maximum absolute atomic E-state index is 13.5. The van der Waals surface area contributed by atoms with Gasteiger partial charge in [-0.3, -0.25) is 9.59 Å². The molecule has 3 aromatic rings. The number of rotatable bonds is 10. The molecule has 3 aromatic carbocycles. The second-order valence-electron chi connectivity index (χ2n) is 8.31. The number of halogens is 1. The van der Waals surface area contributed by atoms with E-state index in [1.807, 2.05) is 68.4 Å². The van der Waals surface area contributed by atoms with Crippen LogP contribution in [-0.2, 0) is 29.0 Å². The van der Waals surface area contributed by atoms with E-state index in [1.165, 1.54) is 12.1 Å². The molecule has 0 aliphatic carbocycles. The Hall–Kier alpha value is -3.47. The van der Waals surface area contributed by atoms with Crippen molar-refractivity contribution in [2.24, 2.45) is 0 Å². The molecule has 0 bridgehead atoms. The average molecular weight is 447 g/mol. The van der Waals surface area contributed by atoms with Crippen LogP contribution in [0, 0.1) is 12.7 Å². The number of amides is 2. The van der Waals surface area contributed by atoms with Crippen LogP contribution in [0.15, 0.2) is 78.9 Å². The summed E-state index contributed by atoms with van der Waals surface area (Å²) in [7, 11) is 0. The van der Waals surface area contributed by atoms with Gasteiger partial charge in [-0.2, -0.15) is 0 Å².